The topological polar surface area (TPSA) is 139 Å². The van der Waals surface area contributed by atoms with Crippen molar-refractivity contribution in [1.29, 1.82) is 0 Å². The van der Waals surface area contributed by atoms with Crippen LogP contribution in [0.2, 0.25) is 0 Å². The summed E-state index contributed by atoms with van der Waals surface area (Å²) in [6.45, 7) is 0.0389. The van der Waals surface area contributed by atoms with Gasteiger partial charge in [0.2, 0.25) is 10.0 Å². The van der Waals surface area contributed by atoms with E-state index < -0.39 is 21.8 Å². The maximum absolute atomic E-state index is 11.7. The van der Waals surface area contributed by atoms with E-state index in [1.54, 1.807) is 0 Å². The largest absolute Gasteiger partial charge is 0.508 e. The lowest BCUT2D eigenvalue weighted by molar-refractivity contribution is -0.136. The molecule has 0 aliphatic heterocycles. The molecular weight excluding hydrogens is 334 g/mol. The Morgan fingerprint density at radius 1 is 1.04 bits per heavy atom. The third-order valence-corrected chi connectivity index (χ3v) is 3.94. The molecule has 0 saturated heterocycles. The quantitative estimate of drug-likeness (QED) is 0.588. The summed E-state index contributed by atoms with van der Waals surface area (Å²) in [5.41, 5.74) is 0.883. The number of phenols is 1. The van der Waals surface area contributed by atoms with Gasteiger partial charge in [-0.2, -0.15) is 0 Å². The summed E-state index contributed by atoms with van der Waals surface area (Å²) in [6, 6.07) is 11.4. The first-order valence-electron chi connectivity index (χ1n) is 6.75. The Bertz CT molecular complexity index is 863. The molecule has 0 bridgehead atoms. The number of rotatable bonds is 4. The fourth-order valence-corrected chi connectivity index (χ4v) is 2.35. The van der Waals surface area contributed by atoms with Gasteiger partial charge in [-0.05, 0) is 29.8 Å². The smallest absolute Gasteiger partial charge is 0.313 e. The highest BCUT2D eigenvalue weighted by molar-refractivity contribution is 7.89. The fourth-order valence-electron chi connectivity index (χ4n) is 1.83. The minimum Gasteiger partial charge on any atom is -0.508 e. The average molecular weight is 349 g/mol. The number of hydrogen-bond donors (Lipinski definition) is 4. The molecule has 0 spiro atoms. The van der Waals surface area contributed by atoms with E-state index in [2.05, 4.69) is 10.6 Å². The summed E-state index contributed by atoms with van der Waals surface area (Å²) in [5.74, 6) is -1.79. The molecular formula is C15H15N3O5S. The molecule has 0 heterocycles. The second kappa shape index (κ2) is 7.11. The maximum Gasteiger partial charge on any atom is 0.313 e. The van der Waals surface area contributed by atoms with E-state index in [4.69, 9.17) is 5.14 Å². The lowest BCUT2D eigenvalue weighted by Gasteiger charge is -2.07. The van der Waals surface area contributed by atoms with Crippen molar-refractivity contribution in [2.45, 2.75) is 11.4 Å². The molecule has 24 heavy (non-hydrogen) atoms. The Kier molecular flexibility index (Phi) is 5.17. The molecule has 0 fully saturated rings. The molecule has 2 aromatic rings. The Hall–Kier alpha value is -2.91. The fraction of sp³-hybridized carbons (Fsp3) is 0.0667. The summed E-state index contributed by atoms with van der Waals surface area (Å²) in [5, 5.41) is 19.0. The van der Waals surface area contributed by atoms with Crippen molar-refractivity contribution in [1.82, 2.24) is 5.32 Å². The number of primary sulfonamides is 1. The van der Waals surface area contributed by atoms with Crippen molar-refractivity contribution in [3.63, 3.8) is 0 Å². The van der Waals surface area contributed by atoms with Gasteiger partial charge in [-0.1, -0.05) is 18.2 Å². The number of nitrogens with one attached hydrogen (secondary N) is 2. The Balaban J connectivity index is 1.91. The van der Waals surface area contributed by atoms with E-state index in [0.29, 0.717) is 5.56 Å². The van der Waals surface area contributed by atoms with Gasteiger partial charge >= 0.3 is 11.8 Å². The molecule has 0 aromatic heterocycles. The molecule has 0 atom stereocenters. The van der Waals surface area contributed by atoms with Crippen molar-refractivity contribution in [2.24, 2.45) is 5.14 Å². The third-order valence-electron chi connectivity index (χ3n) is 3.02. The van der Waals surface area contributed by atoms with Crippen LogP contribution >= 0.6 is 0 Å². The number of anilines is 1. The van der Waals surface area contributed by atoms with Crippen molar-refractivity contribution in [3.05, 3.63) is 54.1 Å². The number of phenolic OH excluding ortho intramolecular Hbond substituents is 1. The van der Waals surface area contributed by atoms with Crippen LogP contribution in [0.4, 0.5) is 5.69 Å². The maximum atomic E-state index is 11.7. The number of carbonyl (C=O) groups excluding carboxylic acids is 2. The van der Waals surface area contributed by atoms with E-state index in [1.807, 2.05) is 0 Å². The van der Waals surface area contributed by atoms with E-state index in [-0.39, 0.29) is 22.9 Å². The Morgan fingerprint density at radius 3 is 2.29 bits per heavy atom. The zero-order valence-corrected chi connectivity index (χ0v) is 13.2. The number of hydrogen-bond acceptors (Lipinski definition) is 5. The summed E-state index contributed by atoms with van der Waals surface area (Å²) >= 11 is 0. The highest BCUT2D eigenvalue weighted by atomic mass is 32.2. The van der Waals surface area contributed by atoms with Crippen LogP contribution < -0.4 is 15.8 Å². The molecule has 2 rings (SSSR count). The minimum atomic E-state index is -3.77. The lowest BCUT2D eigenvalue weighted by Crippen LogP contribution is -2.34. The predicted octanol–water partition coefficient (Wildman–Crippen LogP) is 0.294. The van der Waals surface area contributed by atoms with Crippen LogP contribution in [0.1, 0.15) is 5.56 Å². The van der Waals surface area contributed by atoms with Crippen LogP contribution in [-0.2, 0) is 26.2 Å². The molecule has 0 saturated carbocycles. The third kappa shape index (κ3) is 4.80. The van der Waals surface area contributed by atoms with Crippen LogP contribution in [0.3, 0.4) is 0 Å². The zero-order chi connectivity index (χ0) is 17.7. The number of amides is 2. The molecule has 8 nitrogen and oxygen atoms in total. The van der Waals surface area contributed by atoms with Crippen molar-refractivity contribution in [3.8, 4) is 5.75 Å². The predicted molar refractivity (Wildman–Crippen MR) is 86.4 cm³/mol. The lowest BCUT2D eigenvalue weighted by atomic mass is 10.2. The molecule has 2 amide bonds. The van der Waals surface area contributed by atoms with Crippen molar-refractivity contribution < 1.29 is 23.1 Å². The zero-order valence-electron chi connectivity index (χ0n) is 12.4. The average Bonchev–Trinajstić information content (AvgIpc) is 2.52. The first-order valence-corrected chi connectivity index (χ1v) is 8.30. The summed E-state index contributed by atoms with van der Waals surface area (Å²) in [6.07, 6.45) is 0. The first-order chi connectivity index (χ1) is 11.3. The van der Waals surface area contributed by atoms with Gasteiger partial charge < -0.3 is 15.7 Å². The van der Waals surface area contributed by atoms with Gasteiger partial charge in [-0.25, -0.2) is 13.6 Å². The van der Waals surface area contributed by atoms with E-state index >= 15 is 0 Å². The van der Waals surface area contributed by atoms with E-state index in [0.717, 1.165) is 0 Å². The van der Waals surface area contributed by atoms with Crippen LogP contribution in [0, 0.1) is 0 Å². The van der Waals surface area contributed by atoms with Crippen LogP contribution in [0.5, 0.6) is 5.75 Å². The van der Waals surface area contributed by atoms with Crippen LogP contribution in [-0.4, -0.2) is 25.3 Å². The number of nitrogens with two attached hydrogens (primary N) is 1. The molecule has 126 valence electrons. The number of carbonyl (C=O) groups is 2. The molecule has 0 aliphatic carbocycles. The Labute approximate surface area is 138 Å². The van der Waals surface area contributed by atoms with Crippen molar-refractivity contribution >= 4 is 27.5 Å². The summed E-state index contributed by atoms with van der Waals surface area (Å²) in [4.78, 5) is 23.4. The summed E-state index contributed by atoms with van der Waals surface area (Å²) in [7, 11) is -3.77. The number of benzene rings is 2. The molecule has 0 unspecified atom stereocenters. The van der Waals surface area contributed by atoms with Gasteiger partial charge in [-0.3, -0.25) is 9.59 Å². The molecule has 9 heteroatoms. The first kappa shape index (κ1) is 17.4. The van der Waals surface area contributed by atoms with Gasteiger partial charge in [-0.15, -0.1) is 0 Å². The second-order valence-corrected chi connectivity index (χ2v) is 6.44. The normalized spacial score (nSPS) is 10.9. The SMILES string of the molecule is NS(=O)(=O)c1ccc(CNC(=O)C(=O)Nc2cccc(O)c2)cc1. The van der Waals surface area contributed by atoms with Gasteiger partial charge in [0.05, 0.1) is 4.90 Å². The highest BCUT2D eigenvalue weighted by Gasteiger charge is 2.14. The molecule has 0 aliphatic rings. The van der Waals surface area contributed by atoms with Gasteiger partial charge in [0.1, 0.15) is 5.75 Å². The molecule has 0 radical (unpaired) electrons. The second-order valence-electron chi connectivity index (χ2n) is 4.88. The number of sulfonamides is 1. The van der Waals surface area contributed by atoms with Gasteiger partial charge in [0, 0.05) is 18.3 Å². The molecule has 2 aromatic carbocycles. The standard InChI is InChI=1S/C15H15N3O5S/c16-24(22,23)13-6-4-10(5-7-13)9-17-14(20)15(21)18-11-2-1-3-12(19)8-11/h1-8,19H,9H2,(H,17,20)(H,18,21)(H2,16,22,23). The summed E-state index contributed by atoms with van der Waals surface area (Å²) < 4.78 is 22.3. The van der Waals surface area contributed by atoms with Crippen molar-refractivity contribution in [2.75, 3.05) is 5.32 Å². The highest BCUT2D eigenvalue weighted by Crippen LogP contribution is 2.15. The molecule has 5 N–H and O–H groups in total. The van der Waals surface area contributed by atoms with Gasteiger partial charge in [0.15, 0.2) is 0 Å². The van der Waals surface area contributed by atoms with E-state index in [1.165, 1.54) is 48.5 Å². The van der Waals surface area contributed by atoms with Crippen LogP contribution in [0.25, 0.3) is 0 Å². The number of aromatic hydroxyl groups is 1. The van der Waals surface area contributed by atoms with Gasteiger partial charge in [0.25, 0.3) is 0 Å². The minimum absolute atomic E-state index is 0.0387. The monoisotopic (exact) mass is 349 g/mol. The van der Waals surface area contributed by atoms with Crippen LogP contribution in [0.15, 0.2) is 53.4 Å². The Morgan fingerprint density at radius 2 is 1.71 bits per heavy atom. The van der Waals surface area contributed by atoms with E-state index in [9.17, 15) is 23.1 Å².